The molecule has 0 saturated heterocycles. The maximum absolute atomic E-state index is 5.93. The van der Waals surface area contributed by atoms with Crippen LogP contribution in [0.25, 0.3) is 10.6 Å². The molecule has 0 bridgehead atoms. The maximum Gasteiger partial charge on any atom is 0.224 e. The Labute approximate surface area is 211 Å². The number of hydrogen-bond donors (Lipinski definition) is 2. The van der Waals surface area contributed by atoms with Crippen molar-refractivity contribution in [1.82, 2.24) is 15.0 Å². The summed E-state index contributed by atoms with van der Waals surface area (Å²) in [5.74, 6) is 2.87. The van der Waals surface area contributed by atoms with Gasteiger partial charge in [-0.3, -0.25) is 0 Å². The van der Waals surface area contributed by atoms with Crippen LogP contribution in [0.5, 0.6) is 5.75 Å². The van der Waals surface area contributed by atoms with Crippen LogP contribution in [-0.2, 0) is 13.0 Å². The molecule has 0 aliphatic carbocycles. The lowest BCUT2D eigenvalue weighted by Crippen LogP contribution is -2.11. The highest BCUT2D eigenvalue weighted by atomic mass is 32.1. The Morgan fingerprint density at radius 1 is 0.943 bits per heavy atom. The van der Waals surface area contributed by atoms with Gasteiger partial charge in [0.2, 0.25) is 5.95 Å². The van der Waals surface area contributed by atoms with Gasteiger partial charge in [-0.2, -0.15) is 4.98 Å². The summed E-state index contributed by atoms with van der Waals surface area (Å²) in [6, 6.07) is 20.6. The van der Waals surface area contributed by atoms with Gasteiger partial charge >= 0.3 is 0 Å². The molecule has 0 aliphatic rings. The molecular formula is C28H33N5OS. The van der Waals surface area contributed by atoms with Crippen molar-refractivity contribution in [2.24, 2.45) is 5.92 Å². The van der Waals surface area contributed by atoms with Crippen LogP contribution in [0.4, 0.5) is 11.8 Å². The molecule has 2 aromatic heterocycles. The molecule has 35 heavy (non-hydrogen) atoms. The lowest BCUT2D eigenvalue weighted by atomic mass is 10.1. The number of anilines is 2. The third-order valence-electron chi connectivity index (χ3n) is 5.47. The van der Waals surface area contributed by atoms with Gasteiger partial charge < -0.3 is 15.4 Å². The minimum atomic E-state index is 0.536. The van der Waals surface area contributed by atoms with Gasteiger partial charge in [0, 0.05) is 23.2 Å². The molecule has 2 N–H and O–H groups in total. The highest BCUT2D eigenvalue weighted by Gasteiger charge is 2.10. The predicted octanol–water partition coefficient (Wildman–Crippen LogP) is 6.60. The largest absolute Gasteiger partial charge is 0.494 e. The fourth-order valence-corrected chi connectivity index (χ4v) is 4.54. The average Bonchev–Trinajstić information content (AvgIpc) is 3.26. The van der Waals surface area contributed by atoms with Crippen molar-refractivity contribution in [3.8, 4) is 16.3 Å². The molecule has 4 rings (SSSR count). The van der Waals surface area contributed by atoms with Gasteiger partial charge in [-0.25, -0.2) is 9.97 Å². The van der Waals surface area contributed by atoms with Crippen molar-refractivity contribution in [1.29, 1.82) is 0 Å². The molecule has 0 amide bonds. The van der Waals surface area contributed by atoms with E-state index in [1.165, 1.54) is 10.4 Å². The molecule has 2 aromatic carbocycles. The summed E-state index contributed by atoms with van der Waals surface area (Å²) < 4.78 is 5.93. The average molecular weight is 488 g/mol. The number of nitrogens with zero attached hydrogens (tertiary/aromatic N) is 3. The first-order valence-corrected chi connectivity index (χ1v) is 12.9. The van der Waals surface area contributed by atoms with E-state index in [0.29, 0.717) is 25.0 Å². The van der Waals surface area contributed by atoms with E-state index >= 15 is 0 Å². The van der Waals surface area contributed by atoms with Gasteiger partial charge in [0.1, 0.15) is 16.6 Å². The second-order valence-corrected chi connectivity index (χ2v) is 9.97. The van der Waals surface area contributed by atoms with Crippen LogP contribution in [0.15, 0.2) is 66.9 Å². The second-order valence-electron chi connectivity index (χ2n) is 8.88. The first-order chi connectivity index (χ1) is 17.1. The molecule has 0 atom stereocenters. The molecule has 0 unspecified atom stereocenters. The van der Waals surface area contributed by atoms with E-state index in [1.807, 2.05) is 24.3 Å². The summed E-state index contributed by atoms with van der Waals surface area (Å²) in [6.07, 6.45) is 3.79. The molecule has 0 fully saturated rings. The van der Waals surface area contributed by atoms with Gasteiger partial charge in [0.15, 0.2) is 0 Å². The number of benzene rings is 2. The smallest absolute Gasteiger partial charge is 0.224 e. The zero-order valence-electron chi connectivity index (χ0n) is 20.6. The third kappa shape index (κ3) is 7.52. The molecule has 7 heteroatoms. The molecule has 2 heterocycles. The lowest BCUT2D eigenvalue weighted by Gasteiger charge is -2.09. The van der Waals surface area contributed by atoms with E-state index in [2.05, 4.69) is 77.8 Å². The van der Waals surface area contributed by atoms with Crippen LogP contribution < -0.4 is 15.4 Å². The number of rotatable bonds is 12. The topological polar surface area (TPSA) is 72.0 Å². The second kappa shape index (κ2) is 12.3. The van der Waals surface area contributed by atoms with Crippen LogP contribution in [-0.4, -0.2) is 28.1 Å². The van der Waals surface area contributed by atoms with E-state index in [1.54, 1.807) is 17.5 Å². The zero-order valence-corrected chi connectivity index (χ0v) is 21.4. The molecule has 4 aromatic rings. The van der Waals surface area contributed by atoms with Gasteiger partial charge in [0.05, 0.1) is 18.8 Å². The maximum atomic E-state index is 5.93. The van der Waals surface area contributed by atoms with Crippen molar-refractivity contribution < 1.29 is 4.74 Å². The zero-order chi connectivity index (χ0) is 24.5. The molecule has 182 valence electrons. The fraction of sp³-hybridized carbons (Fsp3) is 0.321. The normalized spacial score (nSPS) is 11.0. The number of thiazole rings is 1. The summed E-state index contributed by atoms with van der Waals surface area (Å²) in [4.78, 5) is 14.8. The first-order valence-electron chi connectivity index (χ1n) is 12.1. The Balaban J connectivity index is 1.29. The van der Waals surface area contributed by atoms with Crippen molar-refractivity contribution >= 4 is 23.1 Å². The summed E-state index contributed by atoms with van der Waals surface area (Å²) in [5, 5.41) is 7.68. The summed E-state index contributed by atoms with van der Waals surface area (Å²) in [5.41, 5.74) is 3.48. The van der Waals surface area contributed by atoms with E-state index in [9.17, 15) is 0 Å². The Morgan fingerprint density at radius 3 is 2.51 bits per heavy atom. The van der Waals surface area contributed by atoms with Crippen molar-refractivity contribution in [2.75, 3.05) is 23.8 Å². The predicted molar refractivity (Wildman–Crippen MR) is 145 cm³/mol. The minimum Gasteiger partial charge on any atom is -0.494 e. The summed E-state index contributed by atoms with van der Waals surface area (Å²) in [7, 11) is 0. The highest BCUT2D eigenvalue weighted by Crippen LogP contribution is 2.29. The van der Waals surface area contributed by atoms with E-state index in [4.69, 9.17) is 9.72 Å². The van der Waals surface area contributed by atoms with Gasteiger partial charge in [-0.05, 0) is 61.6 Å². The Bertz CT molecular complexity index is 1190. The Hall–Kier alpha value is -3.45. The van der Waals surface area contributed by atoms with E-state index in [0.717, 1.165) is 47.2 Å². The van der Waals surface area contributed by atoms with Gasteiger partial charge in [-0.1, -0.05) is 44.2 Å². The monoisotopic (exact) mass is 487 g/mol. The van der Waals surface area contributed by atoms with Gasteiger partial charge in [-0.15, -0.1) is 11.3 Å². The highest BCUT2D eigenvalue weighted by molar-refractivity contribution is 7.15. The Kier molecular flexibility index (Phi) is 8.68. The number of hydrogen-bond acceptors (Lipinski definition) is 7. The quantitative estimate of drug-likeness (QED) is 0.219. The van der Waals surface area contributed by atoms with Crippen LogP contribution >= 0.6 is 11.3 Å². The van der Waals surface area contributed by atoms with Crippen molar-refractivity contribution in [3.05, 3.63) is 83.0 Å². The first kappa shape index (κ1) is 24.7. The number of ether oxygens (including phenoxy) is 1. The molecular weight excluding hydrogens is 454 g/mol. The van der Waals surface area contributed by atoms with E-state index < -0.39 is 0 Å². The number of nitrogens with one attached hydrogen (secondary N) is 2. The van der Waals surface area contributed by atoms with Crippen LogP contribution in [0.1, 0.15) is 36.4 Å². The van der Waals surface area contributed by atoms with Crippen molar-refractivity contribution in [2.45, 2.75) is 40.2 Å². The van der Waals surface area contributed by atoms with E-state index in [-0.39, 0.29) is 0 Å². The summed E-state index contributed by atoms with van der Waals surface area (Å²) >= 11 is 1.70. The number of aromatic nitrogens is 3. The number of aryl methyl sites for hydroxylation is 2. The minimum absolute atomic E-state index is 0.536. The SMILES string of the molecule is Cc1nc(-c2ccc(OCCCc3ccccc3)cc2)sc1CNc1ccnc(NCC(C)C)n1. The summed E-state index contributed by atoms with van der Waals surface area (Å²) in [6.45, 7) is 8.60. The van der Waals surface area contributed by atoms with Crippen LogP contribution in [0, 0.1) is 12.8 Å². The molecule has 0 spiro atoms. The fourth-order valence-electron chi connectivity index (χ4n) is 3.53. The van der Waals surface area contributed by atoms with Crippen LogP contribution in [0.3, 0.4) is 0 Å². The molecule has 0 radical (unpaired) electrons. The lowest BCUT2D eigenvalue weighted by molar-refractivity contribution is 0.311. The van der Waals surface area contributed by atoms with Crippen molar-refractivity contribution in [3.63, 3.8) is 0 Å². The standard InChI is InChI=1S/C28H33N5OS/c1-20(2)18-31-28-29-16-15-26(33-28)30-19-25-21(3)32-27(35-25)23-11-13-24(14-12-23)34-17-7-10-22-8-5-4-6-9-22/h4-6,8-9,11-16,20H,7,10,17-19H2,1-3H3,(H2,29,30,31,33). The van der Waals surface area contributed by atoms with Crippen LogP contribution in [0.2, 0.25) is 0 Å². The molecule has 0 aliphatic heterocycles. The molecule has 0 saturated carbocycles. The Morgan fingerprint density at radius 2 is 1.74 bits per heavy atom. The third-order valence-corrected chi connectivity index (χ3v) is 6.68. The molecule has 6 nitrogen and oxygen atoms in total. The van der Waals surface area contributed by atoms with Gasteiger partial charge in [0.25, 0.3) is 0 Å².